The van der Waals surface area contributed by atoms with Crippen LogP contribution in [-0.2, 0) is 9.59 Å². The van der Waals surface area contributed by atoms with Gasteiger partial charge in [0, 0.05) is 0 Å². The van der Waals surface area contributed by atoms with Crippen molar-refractivity contribution in [2.45, 2.75) is 13.0 Å². The number of hydrazone groups is 1. The van der Waals surface area contributed by atoms with Crippen LogP contribution in [0, 0.1) is 0 Å². The minimum atomic E-state index is -0.800. The Morgan fingerprint density at radius 3 is 2.76 bits per heavy atom. The number of para-hydroxylation sites is 2. The van der Waals surface area contributed by atoms with Crippen LogP contribution in [0.25, 0.3) is 0 Å². The van der Waals surface area contributed by atoms with Gasteiger partial charge in [-0.2, -0.15) is 5.10 Å². The van der Waals surface area contributed by atoms with E-state index in [0.717, 1.165) is 0 Å². The predicted octanol–water partition coefficient (Wildman–Crippen LogP) is 1.24. The largest absolute Gasteiger partial charge is 0.490 e. The lowest BCUT2D eigenvalue weighted by Crippen LogP contribution is -2.42. The maximum absolute atomic E-state index is 12.3. The van der Waals surface area contributed by atoms with Crippen LogP contribution in [-0.4, -0.2) is 44.0 Å². The second-order valence-electron chi connectivity index (χ2n) is 5.99. The van der Waals surface area contributed by atoms with E-state index in [1.165, 1.54) is 6.21 Å². The lowest BCUT2D eigenvalue weighted by atomic mass is 10.2. The molecule has 1 heterocycles. The predicted molar refractivity (Wildman–Crippen MR) is 104 cm³/mol. The minimum Gasteiger partial charge on any atom is -0.490 e. The van der Waals surface area contributed by atoms with Gasteiger partial charge in [0.2, 0.25) is 6.10 Å². The molecule has 0 saturated heterocycles. The van der Waals surface area contributed by atoms with Crippen LogP contribution in [0.4, 0.5) is 0 Å². The summed E-state index contributed by atoms with van der Waals surface area (Å²) in [6.45, 7) is 2.07. The summed E-state index contributed by atoms with van der Waals surface area (Å²) in [6, 6.07) is 12.1. The first-order valence-corrected chi connectivity index (χ1v) is 8.96. The van der Waals surface area contributed by atoms with Crippen LogP contribution in [0.1, 0.15) is 12.5 Å². The summed E-state index contributed by atoms with van der Waals surface area (Å²) in [7, 11) is 0. The van der Waals surface area contributed by atoms with Gasteiger partial charge in [0.05, 0.1) is 12.8 Å². The van der Waals surface area contributed by atoms with Crippen LogP contribution >= 0.6 is 0 Å². The van der Waals surface area contributed by atoms with E-state index in [1.807, 2.05) is 13.0 Å². The molecule has 2 aromatic carbocycles. The number of rotatable bonds is 8. The Morgan fingerprint density at radius 2 is 2.00 bits per heavy atom. The van der Waals surface area contributed by atoms with E-state index in [-0.39, 0.29) is 13.2 Å². The van der Waals surface area contributed by atoms with Crippen molar-refractivity contribution in [3.05, 3.63) is 48.0 Å². The molecule has 1 atom stereocenters. The number of nitrogens with zero attached hydrogens (tertiary/aromatic N) is 1. The van der Waals surface area contributed by atoms with Gasteiger partial charge in [-0.15, -0.1) is 0 Å². The zero-order valence-electron chi connectivity index (χ0n) is 15.8. The van der Waals surface area contributed by atoms with Gasteiger partial charge in [-0.1, -0.05) is 12.1 Å². The zero-order valence-corrected chi connectivity index (χ0v) is 15.8. The smallest absolute Gasteiger partial charge is 0.284 e. The molecular weight excluding hydrogens is 378 g/mol. The maximum atomic E-state index is 12.3. The number of hydrogen-bond acceptors (Lipinski definition) is 7. The zero-order chi connectivity index (χ0) is 20.6. The van der Waals surface area contributed by atoms with E-state index < -0.39 is 17.9 Å². The SMILES string of the molecule is CCOc1cc(C=NNC(=O)[C@@H]2COc3ccccc3O2)ccc1OCC(N)=O. The average Bonchev–Trinajstić information content (AvgIpc) is 2.73. The van der Waals surface area contributed by atoms with E-state index in [4.69, 9.17) is 24.7 Å². The molecule has 0 aromatic heterocycles. The number of benzene rings is 2. The molecule has 1 aliphatic heterocycles. The van der Waals surface area contributed by atoms with E-state index >= 15 is 0 Å². The summed E-state index contributed by atoms with van der Waals surface area (Å²) in [5, 5.41) is 3.95. The van der Waals surface area contributed by atoms with Crippen molar-refractivity contribution < 1.29 is 28.5 Å². The lowest BCUT2D eigenvalue weighted by Gasteiger charge is -2.24. The van der Waals surface area contributed by atoms with Gasteiger partial charge in [-0.3, -0.25) is 9.59 Å². The number of carbonyl (C=O) groups is 2. The molecule has 0 unspecified atom stereocenters. The van der Waals surface area contributed by atoms with Crippen LogP contribution in [0.3, 0.4) is 0 Å². The number of nitrogens with one attached hydrogen (secondary N) is 1. The second-order valence-corrected chi connectivity index (χ2v) is 5.99. The van der Waals surface area contributed by atoms with Crippen molar-refractivity contribution in [1.82, 2.24) is 5.43 Å². The Kier molecular flexibility index (Phi) is 6.51. The molecule has 152 valence electrons. The molecule has 29 heavy (non-hydrogen) atoms. The molecule has 0 saturated carbocycles. The van der Waals surface area contributed by atoms with Crippen molar-refractivity contribution in [1.29, 1.82) is 0 Å². The number of hydrogen-bond donors (Lipinski definition) is 2. The molecule has 3 N–H and O–H groups in total. The third-order valence-electron chi connectivity index (χ3n) is 3.83. The summed E-state index contributed by atoms with van der Waals surface area (Å²) >= 11 is 0. The molecule has 0 bridgehead atoms. The first kappa shape index (κ1) is 20.0. The van der Waals surface area contributed by atoms with Gasteiger partial charge in [-0.05, 0) is 42.8 Å². The van der Waals surface area contributed by atoms with E-state index in [1.54, 1.807) is 36.4 Å². The van der Waals surface area contributed by atoms with Gasteiger partial charge in [0.1, 0.15) is 6.61 Å². The molecule has 2 aromatic rings. The molecule has 0 radical (unpaired) electrons. The molecule has 0 aliphatic carbocycles. The molecule has 2 amide bonds. The molecule has 1 aliphatic rings. The molecule has 9 heteroatoms. The quantitative estimate of drug-likeness (QED) is 0.509. The minimum absolute atomic E-state index is 0.0960. The normalized spacial score (nSPS) is 15.0. The number of amides is 2. The maximum Gasteiger partial charge on any atom is 0.284 e. The monoisotopic (exact) mass is 399 g/mol. The van der Waals surface area contributed by atoms with E-state index in [2.05, 4.69) is 10.5 Å². The van der Waals surface area contributed by atoms with Crippen molar-refractivity contribution in [3.8, 4) is 23.0 Å². The van der Waals surface area contributed by atoms with Crippen LogP contribution in [0.5, 0.6) is 23.0 Å². The highest BCUT2D eigenvalue weighted by Crippen LogP contribution is 2.31. The highest BCUT2D eigenvalue weighted by atomic mass is 16.6. The lowest BCUT2D eigenvalue weighted by molar-refractivity contribution is -0.130. The Hall–Kier alpha value is -3.75. The van der Waals surface area contributed by atoms with Crippen molar-refractivity contribution >= 4 is 18.0 Å². The molecule has 3 rings (SSSR count). The highest BCUT2D eigenvalue weighted by molar-refractivity contribution is 5.85. The van der Waals surface area contributed by atoms with Crippen molar-refractivity contribution in [2.24, 2.45) is 10.8 Å². The molecule has 9 nitrogen and oxygen atoms in total. The Labute approximate surface area is 167 Å². The molecular formula is C20H21N3O6. The number of ether oxygens (including phenoxy) is 4. The number of fused-ring (bicyclic) bond motifs is 1. The van der Waals surface area contributed by atoms with Crippen LogP contribution in [0.15, 0.2) is 47.6 Å². The van der Waals surface area contributed by atoms with Crippen LogP contribution in [0.2, 0.25) is 0 Å². The molecule has 0 fully saturated rings. The molecule has 0 spiro atoms. The summed E-state index contributed by atoms with van der Waals surface area (Å²) < 4.78 is 22.0. The summed E-state index contributed by atoms with van der Waals surface area (Å²) in [5.74, 6) is 0.917. The summed E-state index contributed by atoms with van der Waals surface area (Å²) in [5.41, 5.74) is 8.18. The number of primary amides is 1. The fraction of sp³-hybridized carbons (Fsp3) is 0.250. The third kappa shape index (κ3) is 5.38. The van der Waals surface area contributed by atoms with Gasteiger partial charge in [0.15, 0.2) is 29.6 Å². The summed E-state index contributed by atoms with van der Waals surface area (Å²) in [6.07, 6.45) is 0.654. The van der Waals surface area contributed by atoms with Crippen molar-refractivity contribution in [3.63, 3.8) is 0 Å². The van der Waals surface area contributed by atoms with E-state index in [9.17, 15) is 9.59 Å². The van der Waals surface area contributed by atoms with E-state index in [0.29, 0.717) is 35.2 Å². The standard InChI is InChI=1S/C20H21N3O6/c1-2-26-17-9-13(7-8-15(17)28-12-19(21)24)10-22-23-20(25)18-11-27-14-5-3-4-6-16(14)29-18/h3-10,18H,2,11-12H2,1H3,(H2,21,24)(H,23,25)/t18-/m0/s1. The Morgan fingerprint density at radius 1 is 1.21 bits per heavy atom. The fourth-order valence-corrected chi connectivity index (χ4v) is 2.53. The third-order valence-corrected chi connectivity index (χ3v) is 3.83. The number of carbonyl (C=O) groups excluding carboxylic acids is 2. The van der Waals surface area contributed by atoms with Gasteiger partial charge >= 0.3 is 0 Å². The van der Waals surface area contributed by atoms with Gasteiger partial charge in [-0.25, -0.2) is 5.43 Å². The van der Waals surface area contributed by atoms with Gasteiger partial charge in [0.25, 0.3) is 11.8 Å². The topological polar surface area (TPSA) is 121 Å². The summed E-state index contributed by atoms with van der Waals surface area (Å²) in [4.78, 5) is 23.1. The van der Waals surface area contributed by atoms with Crippen LogP contribution < -0.4 is 30.1 Å². The second kappa shape index (κ2) is 9.45. The Balaban J connectivity index is 1.60. The Bertz CT molecular complexity index is 915. The average molecular weight is 399 g/mol. The fourth-order valence-electron chi connectivity index (χ4n) is 2.53. The van der Waals surface area contributed by atoms with Crippen molar-refractivity contribution in [2.75, 3.05) is 19.8 Å². The van der Waals surface area contributed by atoms with Gasteiger partial charge < -0.3 is 24.7 Å². The first-order valence-electron chi connectivity index (χ1n) is 8.96. The first-order chi connectivity index (χ1) is 14.1. The highest BCUT2D eigenvalue weighted by Gasteiger charge is 2.26. The number of nitrogens with two attached hydrogens (primary N) is 1.